The number of hydrogen-bond acceptors (Lipinski definition) is 4. The van der Waals surface area contributed by atoms with Gasteiger partial charge in [-0.15, -0.1) is 0 Å². The Hall–Kier alpha value is -2.82. The van der Waals surface area contributed by atoms with Gasteiger partial charge >= 0.3 is 0 Å². The van der Waals surface area contributed by atoms with Gasteiger partial charge in [-0.1, -0.05) is 66.7 Å². The topological polar surface area (TPSA) is 41.9 Å². The lowest BCUT2D eigenvalue weighted by molar-refractivity contribution is -0.0277. The van der Waals surface area contributed by atoms with Gasteiger partial charge in [0.1, 0.15) is 6.61 Å². The van der Waals surface area contributed by atoms with E-state index in [1.807, 2.05) is 54.6 Å². The minimum atomic E-state index is -0.698. The Kier molecular flexibility index (Phi) is 5.19. The molecule has 0 aliphatic carbocycles. The lowest BCUT2D eigenvalue weighted by Gasteiger charge is -2.38. The quantitative estimate of drug-likeness (QED) is 0.689. The fraction of sp³-hybridized carbons (Fsp3) is 0.308. The zero-order chi connectivity index (χ0) is 20.4. The van der Waals surface area contributed by atoms with Crippen molar-refractivity contribution in [2.24, 2.45) is 0 Å². The molecule has 30 heavy (non-hydrogen) atoms. The summed E-state index contributed by atoms with van der Waals surface area (Å²) in [6, 6.07) is 26.5. The Balaban J connectivity index is 1.18. The number of aliphatic hydroxyl groups is 1. The molecule has 1 unspecified atom stereocenters. The molecule has 0 amide bonds. The van der Waals surface area contributed by atoms with Crippen LogP contribution in [0.3, 0.4) is 0 Å². The molecule has 0 radical (unpaired) electrons. The van der Waals surface area contributed by atoms with Crippen LogP contribution in [-0.4, -0.2) is 29.7 Å². The second-order valence-electron chi connectivity index (χ2n) is 8.28. The molecule has 3 aromatic carbocycles. The van der Waals surface area contributed by atoms with Gasteiger partial charge < -0.3 is 14.6 Å². The molecule has 1 saturated heterocycles. The number of fused-ring (bicyclic) bond motifs is 1. The molecule has 154 valence electrons. The molecular formula is C26H27NO3. The highest BCUT2D eigenvalue weighted by molar-refractivity contribution is 5.41. The second kappa shape index (κ2) is 8.13. The van der Waals surface area contributed by atoms with E-state index in [0.717, 1.165) is 55.1 Å². The van der Waals surface area contributed by atoms with Gasteiger partial charge in [0.15, 0.2) is 17.6 Å². The first-order valence-corrected chi connectivity index (χ1v) is 10.7. The lowest BCUT2D eigenvalue weighted by atomic mass is 9.84. The summed E-state index contributed by atoms with van der Waals surface area (Å²) < 4.78 is 12.0. The summed E-state index contributed by atoms with van der Waals surface area (Å²) in [4.78, 5) is 2.42. The van der Waals surface area contributed by atoms with Gasteiger partial charge in [-0.25, -0.2) is 0 Å². The molecule has 2 aliphatic rings. The lowest BCUT2D eigenvalue weighted by Crippen LogP contribution is -2.42. The highest BCUT2D eigenvalue weighted by Gasteiger charge is 2.33. The Morgan fingerprint density at radius 2 is 1.50 bits per heavy atom. The molecule has 0 spiro atoms. The van der Waals surface area contributed by atoms with Crippen LogP contribution in [0.1, 0.15) is 35.6 Å². The highest BCUT2D eigenvalue weighted by Crippen LogP contribution is 2.36. The minimum absolute atomic E-state index is 0.0789. The highest BCUT2D eigenvalue weighted by atomic mass is 16.6. The van der Waals surface area contributed by atoms with Gasteiger partial charge in [0.2, 0.25) is 0 Å². The van der Waals surface area contributed by atoms with Gasteiger partial charge in [-0.3, -0.25) is 4.90 Å². The van der Waals surface area contributed by atoms with Crippen LogP contribution in [0.4, 0.5) is 0 Å². The van der Waals surface area contributed by atoms with Crippen molar-refractivity contribution in [3.05, 3.63) is 95.6 Å². The van der Waals surface area contributed by atoms with Crippen molar-refractivity contribution in [2.75, 3.05) is 19.7 Å². The van der Waals surface area contributed by atoms with Crippen LogP contribution in [0, 0.1) is 0 Å². The summed E-state index contributed by atoms with van der Waals surface area (Å²) in [6.07, 6.45) is 1.45. The van der Waals surface area contributed by atoms with Crippen molar-refractivity contribution < 1.29 is 14.6 Å². The van der Waals surface area contributed by atoms with E-state index in [0.29, 0.717) is 6.61 Å². The van der Waals surface area contributed by atoms with Gasteiger partial charge in [-0.2, -0.15) is 0 Å². The summed E-state index contributed by atoms with van der Waals surface area (Å²) >= 11 is 0. The van der Waals surface area contributed by atoms with E-state index in [4.69, 9.17) is 9.47 Å². The minimum Gasteiger partial charge on any atom is -0.485 e. The first-order chi connectivity index (χ1) is 14.7. The van der Waals surface area contributed by atoms with Crippen LogP contribution in [0.5, 0.6) is 11.5 Å². The summed E-state index contributed by atoms with van der Waals surface area (Å²) in [7, 11) is 0. The number of ether oxygens (including phenoxy) is 2. The molecule has 3 aromatic rings. The van der Waals surface area contributed by atoms with Gasteiger partial charge in [0, 0.05) is 19.6 Å². The molecule has 2 heterocycles. The Morgan fingerprint density at radius 1 is 0.833 bits per heavy atom. The maximum absolute atomic E-state index is 11.0. The molecule has 0 bridgehead atoms. The van der Waals surface area contributed by atoms with E-state index >= 15 is 0 Å². The van der Waals surface area contributed by atoms with E-state index in [2.05, 4.69) is 29.2 Å². The van der Waals surface area contributed by atoms with Crippen LogP contribution in [0.2, 0.25) is 0 Å². The zero-order valence-electron chi connectivity index (χ0n) is 17.0. The number of nitrogens with zero attached hydrogens (tertiary/aromatic N) is 1. The maximum Gasteiger partial charge on any atom is 0.162 e. The number of benzene rings is 3. The van der Waals surface area contributed by atoms with Crippen molar-refractivity contribution in [1.82, 2.24) is 4.90 Å². The monoisotopic (exact) mass is 401 g/mol. The fourth-order valence-corrected chi connectivity index (χ4v) is 4.40. The van der Waals surface area contributed by atoms with Crippen LogP contribution in [-0.2, 0) is 12.1 Å². The zero-order valence-corrected chi connectivity index (χ0v) is 17.0. The molecular weight excluding hydrogens is 374 g/mol. The van der Waals surface area contributed by atoms with E-state index < -0.39 is 5.60 Å². The van der Waals surface area contributed by atoms with E-state index in [-0.39, 0.29) is 6.10 Å². The summed E-state index contributed by atoms with van der Waals surface area (Å²) in [6.45, 7) is 3.21. The average Bonchev–Trinajstić information content (AvgIpc) is 2.81. The molecule has 4 nitrogen and oxygen atoms in total. The summed E-state index contributed by atoms with van der Waals surface area (Å²) in [5, 5.41) is 11.0. The molecule has 4 heteroatoms. The van der Waals surface area contributed by atoms with Crippen LogP contribution in [0.15, 0.2) is 78.9 Å². The largest absolute Gasteiger partial charge is 0.485 e. The predicted molar refractivity (Wildman–Crippen MR) is 117 cm³/mol. The molecule has 0 aromatic heterocycles. The predicted octanol–water partition coefficient (Wildman–Crippen LogP) is 4.68. The molecule has 2 aliphatic heterocycles. The SMILES string of the molecule is OC1(c2ccccc2)CCN(Cc2ccc(C3COc4ccccc4O3)cc2)CC1. The summed E-state index contributed by atoms with van der Waals surface area (Å²) in [5.74, 6) is 1.61. The Morgan fingerprint density at radius 3 is 2.23 bits per heavy atom. The van der Waals surface area contributed by atoms with Crippen LogP contribution >= 0.6 is 0 Å². The first kappa shape index (κ1) is 19.2. The molecule has 1 fully saturated rings. The number of likely N-dealkylation sites (tertiary alicyclic amines) is 1. The normalized spacial score (nSPS) is 20.6. The second-order valence-corrected chi connectivity index (χ2v) is 8.28. The Labute approximate surface area is 177 Å². The van der Waals surface area contributed by atoms with Crippen molar-refractivity contribution in [3.63, 3.8) is 0 Å². The molecule has 5 rings (SSSR count). The Bertz CT molecular complexity index is 979. The molecule has 0 saturated carbocycles. The molecule has 1 N–H and O–H groups in total. The van der Waals surface area contributed by atoms with Gasteiger partial charge in [-0.05, 0) is 41.7 Å². The van der Waals surface area contributed by atoms with Gasteiger partial charge in [0.25, 0.3) is 0 Å². The smallest absolute Gasteiger partial charge is 0.162 e. The van der Waals surface area contributed by atoms with Crippen molar-refractivity contribution >= 4 is 0 Å². The number of para-hydroxylation sites is 2. The van der Waals surface area contributed by atoms with E-state index in [1.54, 1.807) is 0 Å². The first-order valence-electron chi connectivity index (χ1n) is 10.7. The fourth-order valence-electron chi connectivity index (χ4n) is 4.40. The number of piperidine rings is 1. The number of rotatable bonds is 4. The third kappa shape index (κ3) is 3.93. The van der Waals surface area contributed by atoms with Crippen LogP contribution < -0.4 is 9.47 Å². The van der Waals surface area contributed by atoms with Crippen molar-refractivity contribution in [2.45, 2.75) is 31.1 Å². The van der Waals surface area contributed by atoms with Crippen molar-refractivity contribution in [1.29, 1.82) is 0 Å². The van der Waals surface area contributed by atoms with Crippen LogP contribution in [0.25, 0.3) is 0 Å². The number of hydrogen-bond donors (Lipinski definition) is 1. The standard InChI is InChI=1S/C26H27NO3/c28-26(22-6-2-1-3-7-22)14-16-27(17-15-26)18-20-10-12-21(13-11-20)25-19-29-23-8-4-5-9-24(23)30-25/h1-13,25,28H,14-19H2. The van der Waals surface area contributed by atoms with E-state index in [1.165, 1.54) is 5.56 Å². The summed E-state index contributed by atoms with van der Waals surface area (Å²) in [5.41, 5.74) is 2.74. The average molecular weight is 402 g/mol. The molecule has 1 atom stereocenters. The third-order valence-corrected chi connectivity index (χ3v) is 6.26. The van der Waals surface area contributed by atoms with Gasteiger partial charge in [0.05, 0.1) is 5.60 Å². The third-order valence-electron chi connectivity index (χ3n) is 6.26. The van der Waals surface area contributed by atoms with E-state index in [9.17, 15) is 5.11 Å². The maximum atomic E-state index is 11.0. The van der Waals surface area contributed by atoms with Crippen molar-refractivity contribution in [3.8, 4) is 11.5 Å².